The summed E-state index contributed by atoms with van der Waals surface area (Å²) in [5.74, 6) is -0.896. The number of nitrogens with zero attached hydrogens (tertiary/aromatic N) is 1. The van der Waals surface area contributed by atoms with Gasteiger partial charge in [0.15, 0.2) is 6.61 Å². The molecule has 1 aromatic heterocycles. The van der Waals surface area contributed by atoms with Gasteiger partial charge in [-0.25, -0.2) is 0 Å². The number of hydrogen-bond donors (Lipinski definition) is 2. The van der Waals surface area contributed by atoms with Crippen LogP contribution in [0, 0.1) is 25.2 Å². The molecule has 1 aromatic carbocycles. The molecule has 0 radical (unpaired) electrons. The number of aryl methyl sites for hydroxylation is 2. The van der Waals surface area contributed by atoms with Crippen LogP contribution in [0.4, 0.5) is 0 Å². The average molecular weight is 409 g/mol. The molecule has 0 unspecified atom stereocenters. The van der Waals surface area contributed by atoms with Crippen LogP contribution < -0.4 is 10.9 Å². The Kier molecular flexibility index (Phi) is 7.93. The van der Waals surface area contributed by atoms with Crippen molar-refractivity contribution in [2.45, 2.75) is 53.0 Å². The van der Waals surface area contributed by atoms with E-state index in [1.807, 2.05) is 37.3 Å². The first-order chi connectivity index (χ1) is 14.3. The van der Waals surface area contributed by atoms with Gasteiger partial charge in [0.2, 0.25) is 0 Å². The maximum atomic E-state index is 12.1. The summed E-state index contributed by atoms with van der Waals surface area (Å²) in [6.07, 6.45) is 1.30. The van der Waals surface area contributed by atoms with E-state index in [9.17, 15) is 14.4 Å². The molecule has 0 spiro atoms. The van der Waals surface area contributed by atoms with Gasteiger partial charge in [0.25, 0.3) is 11.5 Å². The van der Waals surface area contributed by atoms with Crippen molar-refractivity contribution in [3.8, 4) is 6.07 Å². The second-order valence-corrected chi connectivity index (χ2v) is 7.21. The van der Waals surface area contributed by atoms with Crippen molar-refractivity contribution in [3.05, 3.63) is 68.1 Å². The molecule has 2 rings (SSSR count). The fourth-order valence-electron chi connectivity index (χ4n) is 3.27. The summed E-state index contributed by atoms with van der Waals surface area (Å²) >= 11 is 0. The van der Waals surface area contributed by atoms with Crippen molar-refractivity contribution in [1.82, 2.24) is 10.3 Å². The zero-order valence-electron chi connectivity index (χ0n) is 17.8. The largest absolute Gasteiger partial charge is 0.456 e. The van der Waals surface area contributed by atoms with E-state index in [1.54, 1.807) is 13.8 Å². The number of aromatic amines is 1. The van der Waals surface area contributed by atoms with Gasteiger partial charge in [-0.1, -0.05) is 31.2 Å². The maximum absolute atomic E-state index is 12.1. The third-order valence-electron chi connectivity index (χ3n) is 5.13. The second-order valence-electron chi connectivity index (χ2n) is 7.21. The Morgan fingerprint density at radius 2 is 1.90 bits per heavy atom. The molecule has 0 aliphatic rings. The van der Waals surface area contributed by atoms with Crippen LogP contribution in [0.3, 0.4) is 0 Å². The Hall–Kier alpha value is -3.40. The SMILES string of the molecule is CCc1ccc([C@@H](C)NC(=O)COC(=O)CCc2c(C)[nH]c(=O)c(C#N)c2C)cc1. The third-order valence-corrected chi connectivity index (χ3v) is 5.13. The first kappa shape index (κ1) is 22.9. The number of hydrogen-bond acceptors (Lipinski definition) is 5. The molecular weight excluding hydrogens is 382 g/mol. The van der Waals surface area contributed by atoms with Gasteiger partial charge < -0.3 is 15.0 Å². The van der Waals surface area contributed by atoms with E-state index in [0.29, 0.717) is 17.7 Å². The zero-order valence-corrected chi connectivity index (χ0v) is 17.8. The topological polar surface area (TPSA) is 112 Å². The minimum absolute atomic E-state index is 0.0416. The maximum Gasteiger partial charge on any atom is 0.306 e. The number of pyridine rings is 1. The molecule has 0 bridgehead atoms. The molecule has 0 saturated carbocycles. The molecule has 0 aliphatic heterocycles. The lowest BCUT2D eigenvalue weighted by molar-refractivity contribution is -0.148. The van der Waals surface area contributed by atoms with Gasteiger partial charge in [-0.3, -0.25) is 14.4 Å². The van der Waals surface area contributed by atoms with E-state index in [4.69, 9.17) is 10.00 Å². The Bertz CT molecular complexity index is 1020. The number of H-pyrrole nitrogens is 1. The molecule has 0 aliphatic carbocycles. The summed E-state index contributed by atoms with van der Waals surface area (Å²) in [6.45, 7) is 7.00. The fourth-order valence-corrected chi connectivity index (χ4v) is 3.27. The number of carbonyl (C=O) groups excluding carboxylic acids is 2. The van der Waals surface area contributed by atoms with Crippen molar-refractivity contribution in [2.24, 2.45) is 0 Å². The quantitative estimate of drug-likeness (QED) is 0.651. The molecule has 7 heteroatoms. The highest BCUT2D eigenvalue weighted by Crippen LogP contribution is 2.16. The van der Waals surface area contributed by atoms with Crippen molar-refractivity contribution in [2.75, 3.05) is 6.61 Å². The number of ether oxygens (including phenoxy) is 1. The molecule has 30 heavy (non-hydrogen) atoms. The molecule has 0 fully saturated rings. The zero-order chi connectivity index (χ0) is 22.3. The molecule has 2 N–H and O–H groups in total. The van der Waals surface area contributed by atoms with Gasteiger partial charge in [0, 0.05) is 12.1 Å². The fraction of sp³-hybridized carbons (Fsp3) is 0.391. The van der Waals surface area contributed by atoms with Gasteiger partial charge >= 0.3 is 5.97 Å². The van der Waals surface area contributed by atoms with Crippen LogP contribution >= 0.6 is 0 Å². The third kappa shape index (κ3) is 5.80. The lowest BCUT2D eigenvalue weighted by atomic mass is 9.99. The highest BCUT2D eigenvalue weighted by Gasteiger charge is 2.15. The first-order valence-electron chi connectivity index (χ1n) is 9.93. The summed E-state index contributed by atoms with van der Waals surface area (Å²) < 4.78 is 5.07. The summed E-state index contributed by atoms with van der Waals surface area (Å²) in [7, 11) is 0. The number of nitrogens with one attached hydrogen (secondary N) is 2. The van der Waals surface area contributed by atoms with E-state index < -0.39 is 11.5 Å². The number of nitriles is 1. The molecule has 1 heterocycles. The summed E-state index contributed by atoms with van der Waals surface area (Å²) in [5, 5.41) is 11.9. The van der Waals surface area contributed by atoms with Crippen LogP contribution in [0.1, 0.15) is 59.8 Å². The summed E-state index contributed by atoms with van der Waals surface area (Å²) in [5.41, 5.74) is 3.72. The Morgan fingerprint density at radius 3 is 2.50 bits per heavy atom. The van der Waals surface area contributed by atoms with Crippen LogP contribution in [-0.4, -0.2) is 23.5 Å². The van der Waals surface area contributed by atoms with Gasteiger partial charge in [0.05, 0.1) is 6.04 Å². The van der Waals surface area contributed by atoms with Crippen LogP contribution in [0.15, 0.2) is 29.1 Å². The van der Waals surface area contributed by atoms with Crippen LogP contribution in [-0.2, 0) is 27.2 Å². The van der Waals surface area contributed by atoms with Crippen LogP contribution in [0.25, 0.3) is 0 Å². The Balaban J connectivity index is 1.85. The molecule has 7 nitrogen and oxygen atoms in total. The van der Waals surface area contributed by atoms with Gasteiger partial charge in [-0.15, -0.1) is 0 Å². The Morgan fingerprint density at radius 1 is 1.23 bits per heavy atom. The van der Waals surface area contributed by atoms with E-state index in [2.05, 4.69) is 17.2 Å². The molecule has 2 aromatic rings. The first-order valence-corrected chi connectivity index (χ1v) is 9.93. The van der Waals surface area contributed by atoms with Crippen molar-refractivity contribution >= 4 is 11.9 Å². The highest BCUT2D eigenvalue weighted by molar-refractivity contribution is 5.80. The predicted molar refractivity (Wildman–Crippen MR) is 113 cm³/mol. The minimum atomic E-state index is -0.520. The molecule has 1 amide bonds. The highest BCUT2D eigenvalue weighted by atomic mass is 16.5. The predicted octanol–water partition coefficient (Wildman–Crippen LogP) is 2.78. The van der Waals surface area contributed by atoms with E-state index >= 15 is 0 Å². The smallest absolute Gasteiger partial charge is 0.306 e. The van der Waals surface area contributed by atoms with E-state index in [1.165, 1.54) is 5.56 Å². The van der Waals surface area contributed by atoms with Crippen LogP contribution in [0.5, 0.6) is 0 Å². The number of rotatable bonds is 8. The lowest BCUT2D eigenvalue weighted by Crippen LogP contribution is -2.31. The normalized spacial score (nSPS) is 11.4. The standard InChI is InChI=1S/C23H27N3O4/c1-5-17-6-8-18(9-7-17)15(3)25-21(27)13-30-22(28)11-10-19-14(2)20(12-24)23(29)26-16(19)4/h6-9,15H,5,10-11,13H2,1-4H3,(H,25,27)(H,26,29)/t15-/m1/s1. The Labute approximate surface area is 176 Å². The number of aromatic nitrogens is 1. The molecule has 1 atom stereocenters. The summed E-state index contributed by atoms with van der Waals surface area (Å²) in [4.78, 5) is 38.5. The van der Waals surface area contributed by atoms with Gasteiger partial charge in [-0.2, -0.15) is 5.26 Å². The van der Waals surface area contributed by atoms with Gasteiger partial charge in [0.1, 0.15) is 11.6 Å². The van der Waals surface area contributed by atoms with Gasteiger partial charge in [-0.05, 0) is 55.9 Å². The van der Waals surface area contributed by atoms with Crippen LogP contribution in [0.2, 0.25) is 0 Å². The number of esters is 1. The van der Waals surface area contributed by atoms with E-state index in [-0.39, 0.29) is 30.5 Å². The summed E-state index contributed by atoms with van der Waals surface area (Å²) in [6, 6.07) is 9.68. The molecule has 158 valence electrons. The number of benzene rings is 1. The van der Waals surface area contributed by atoms with Crippen molar-refractivity contribution in [3.63, 3.8) is 0 Å². The van der Waals surface area contributed by atoms with E-state index in [0.717, 1.165) is 17.5 Å². The van der Waals surface area contributed by atoms with Crippen molar-refractivity contribution in [1.29, 1.82) is 5.26 Å². The molecule has 0 saturated heterocycles. The number of carbonyl (C=O) groups is 2. The lowest BCUT2D eigenvalue weighted by Gasteiger charge is -2.15. The minimum Gasteiger partial charge on any atom is -0.456 e. The average Bonchev–Trinajstić information content (AvgIpc) is 2.72. The molecular formula is C23H27N3O4. The number of amides is 1. The van der Waals surface area contributed by atoms with Crippen molar-refractivity contribution < 1.29 is 14.3 Å². The second kappa shape index (κ2) is 10.4. The monoisotopic (exact) mass is 409 g/mol.